The lowest BCUT2D eigenvalue weighted by molar-refractivity contribution is -0.142. The molecule has 3 unspecified atom stereocenters. The van der Waals surface area contributed by atoms with Gasteiger partial charge in [0, 0.05) is 0 Å². The minimum atomic E-state index is -1.33. The fraction of sp³-hybridized carbons (Fsp3) is 0.688. The van der Waals surface area contributed by atoms with Gasteiger partial charge in [-0.15, -0.1) is 0 Å². The highest BCUT2D eigenvalue weighted by Gasteiger charge is 2.28. The van der Waals surface area contributed by atoms with Crippen molar-refractivity contribution in [3.63, 3.8) is 0 Å². The van der Waals surface area contributed by atoms with Crippen LogP contribution in [0.5, 0.6) is 0 Å². The molecule has 0 saturated carbocycles. The van der Waals surface area contributed by atoms with Gasteiger partial charge in [-0.05, 0) is 37.8 Å². The average Bonchev–Trinajstić information content (AvgIpc) is 3.16. The summed E-state index contributed by atoms with van der Waals surface area (Å²) in [5.74, 6) is -3.40. The lowest BCUT2D eigenvalue weighted by Crippen LogP contribution is -2.54. The summed E-state index contributed by atoms with van der Waals surface area (Å²) in [6, 6.07) is -2.84. The van der Waals surface area contributed by atoms with Gasteiger partial charge in [-0.1, -0.05) is 0 Å². The van der Waals surface area contributed by atoms with Crippen LogP contribution >= 0.6 is 11.8 Å². The molecule has 1 fully saturated rings. The molecule has 1 aliphatic rings. The fourth-order valence-electron chi connectivity index (χ4n) is 2.62. The average molecular weight is 417 g/mol. The van der Waals surface area contributed by atoms with Crippen molar-refractivity contribution in [1.82, 2.24) is 21.3 Å². The van der Waals surface area contributed by atoms with Gasteiger partial charge in [-0.2, -0.15) is 11.8 Å². The summed E-state index contributed by atoms with van der Waals surface area (Å²) >= 11 is 1.42. The van der Waals surface area contributed by atoms with Crippen molar-refractivity contribution in [2.24, 2.45) is 5.73 Å². The predicted molar refractivity (Wildman–Crippen MR) is 102 cm³/mol. The molecule has 0 aromatic heterocycles. The van der Waals surface area contributed by atoms with E-state index in [-0.39, 0.29) is 24.9 Å². The maximum Gasteiger partial charge on any atom is 0.326 e. The number of hydrogen-bond acceptors (Lipinski definition) is 7. The third-order valence-electron chi connectivity index (χ3n) is 4.08. The number of nitrogens with two attached hydrogens (primary N) is 1. The van der Waals surface area contributed by atoms with Gasteiger partial charge in [-0.3, -0.25) is 19.2 Å². The topological polar surface area (TPSA) is 180 Å². The Balaban J connectivity index is 2.60. The van der Waals surface area contributed by atoms with Crippen LogP contribution in [-0.2, 0) is 24.0 Å². The van der Waals surface area contributed by atoms with E-state index in [0.29, 0.717) is 12.2 Å². The second-order valence-corrected chi connectivity index (χ2v) is 7.32. The van der Waals surface area contributed by atoms with Crippen LogP contribution in [0.2, 0.25) is 0 Å². The zero-order valence-electron chi connectivity index (χ0n) is 15.7. The Kier molecular flexibility index (Phi) is 10.3. The Labute approximate surface area is 166 Å². The van der Waals surface area contributed by atoms with Crippen LogP contribution in [-0.4, -0.2) is 77.9 Å². The van der Waals surface area contributed by atoms with Gasteiger partial charge < -0.3 is 32.1 Å². The summed E-state index contributed by atoms with van der Waals surface area (Å²) in [5, 5.41) is 19.2. The molecule has 7 N–H and O–H groups in total. The van der Waals surface area contributed by atoms with Gasteiger partial charge in [0.05, 0.1) is 19.0 Å². The van der Waals surface area contributed by atoms with Crippen LogP contribution in [0.3, 0.4) is 0 Å². The summed E-state index contributed by atoms with van der Waals surface area (Å²) < 4.78 is 0. The van der Waals surface area contributed by atoms with Crippen molar-refractivity contribution < 1.29 is 29.1 Å². The van der Waals surface area contributed by atoms with Crippen LogP contribution < -0.4 is 27.0 Å². The van der Waals surface area contributed by atoms with E-state index in [2.05, 4.69) is 21.3 Å². The first-order chi connectivity index (χ1) is 13.2. The molecule has 11 nitrogen and oxygen atoms in total. The smallest absolute Gasteiger partial charge is 0.326 e. The van der Waals surface area contributed by atoms with Crippen LogP contribution in [0.4, 0.5) is 0 Å². The van der Waals surface area contributed by atoms with Crippen molar-refractivity contribution in [2.45, 2.75) is 43.8 Å². The Morgan fingerprint density at radius 1 is 1.21 bits per heavy atom. The van der Waals surface area contributed by atoms with Gasteiger partial charge in [0.1, 0.15) is 12.1 Å². The largest absolute Gasteiger partial charge is 0.480 e. The van der Waals surface area contributed by atoms with E-state index in [1.54, 1.807) is 6.26 Å². The molecule has 28 heavy (non-hydrogen) atoms. The summed E-state index contributed by atoms with van der Waals surface area (Å²) in [4.78, 5) is 58.8. The molecule has 0 aromatic rings. The monoisotopic (exact) mass is 417 g/mol. The summed E-state index contributed by atoms with van der Waals surface area (Å²) in [7, 11) is 0. The van der Waals surface area contributed by atoms with E-state index in [1.807, 2.05) is 0 Å². The molecule has 1 saturated heterocycles. The SMILES string of the molecule is CSCCC(NC(=O)C(CC(N)=O)NC(=O)CNC(=O)C1CCCN1)C(=O)O. The maximum atomic E-state index is 12.3. The molecular formula is C16H27N5O6S. The van der Waals surface area contributed by atoms with Crippen LogP contribution in [0.25, 0.3) is 0 Å². The standard InChI is InChI=1S/C16H27N5O6S/c1-28-6-4-10(16(26)27)21-15(25)11(7-12(17)22)20-13(23)8-19-14(24)9-3-2-5-18-9/h9-11,18H,2-8H2,1H3,(H2,17,22)(H,19,24)(H,20,23)(H,21,25)(H,26,27). The van der Waals surface area contributed by atoms with Gasteiger partial charge >= 0.3 is 5.97 Å². The zero-order valence-corrected chi connectivity index (χ0v) is 16.5. The third-order valence-corrected chi connectivity index (χ3v) is 4.73. The molecule has 1 aliphatic heterocycles. The number of thioether (sulfide) groups is 1. The summed E-state index contributed by atoms with van der Waals surface area (Å²) in [6.07, 6.45) is 3.03. The second kappa shape index (κ2) is 12.2. The minimum Gasteiger partial charge on any atom is -0.480 e. The number of primary amides is 1. The third kappa shape index (κ3) is 8.57. The van der Waals surface area contributed by atoms with Gasteiger partial charge in [0.25, 0.3) is 0 Å². The Morgan fingerprint density at radius 2 is 1.93 bits per heavy atom. The molecule has 0 bridgehead atoms. The van der Waals surface area contributed by atoms with Gasteiger partial charge in [-0.25, -0.2) is 4.79 Å². The Bertz CT molecular complexity index is 596. The molecule has 0 spiro atoms. The first-order valence-electron chi connectivity index (χ1n) is 8.85. The van der Waals surface area contributed by atoms with E-state index >= 15 is 0 Å². The number of nitrogens with one attached hydrogen (secondary N) is 4. The van der Waals surface area contributed by atoms with E-state index in [4.69, 9.17) is 5.73 Å². The lowest BCUT2D eigenvalue weighted by Gasteiger charge is -2.21. The fourth-order valence-corrected chi connectivity index (χ4v) is 3.09. The summed E-state index contributed by atoms with van der Waals surface area (Å²) in [5.41, 5.74) is 5.11. The molecule has 12 heteroatoms. The molecule has 1 heterocycles. The van der Waals surface area contributed by atoms with Crippen LogP contribution in [0.1, 0.15) is 25.7 Å². The van der Waals surface area contributed by atoms with E-state index in [9.17, 15) is 29.1 Å². The first kappa shape index (κ1) is 23.7. The van der Waals surface area contributed by atoms with Crippen molar-refractivity contribution in [2.75, 3.05) is 25.1 Å². The number of rotatable bonds is 12. The Hall–Kier alpha value is -2.34. The van der Waals surface area contributed by atoms with E-state index in [1.165, 1.54) is 11.8 Å². The number of aliphatic carboxylic acids is 1. The Morgan fingerprint density at radius 3 is 2.46 bits per heavy atom. The summed E-state index contributed by atoms with van der Waals surface area (Å²) in [6.45, 7) is 0.348. The molecule has 1 rings (SSSR count). The molecule has 158 valence electrons. The van der Waals surface area contributed by atoms with E-state index in [0.717, 1.165) is 13.0 Å². The molecular weight excluding hydrogens is 390 g/mol. The number of carboxylic acids is 1. The molecule has 0 radical (unpaired) electrons. The predicted octanol–water partition coefficient (Wildman–Crippen LogP) is -2.46. The minimum absolute atomic E-state index is 0.184. The normalized spacial score (nSPS) is 18.0. The number of carbonyl (C=O) groups excluding carboxylic acids is 4. The number of carbonyl (C=O) groups is 5. The molecule has 3 atom stereocenters. The molecule has 0 aliphatic carbocycles. The van der Waals surface area contributed by atoms with Crippen molar-refractivity contribution >= 4 is 41.4 Å². The highest BCUT2D eigenvalue weighted by molar-refractivity contribution is 7.98. The van der Waals surface area contributed by atoms with Gasteiger partial charge in [0.15, 0.2) is 0 Å². The van der Waals surface area contributed by atoms with Crippen LogP contribution in [0, 0.1) is 0 Å². The molecule has 0 aromatic carbocycles. The first-order valence-corrected chi connectivity index (χ1v) is 10.2. The number of carboxylic acid groups (broad SMARTS) is 1. The van der Waals surface area contributed by atoms with Gasteiger partial charge in [0.2, 0.25) is 23.6 Å². The van der Waals surface area contributed by atoms with Crippen molar-refractivity contribution in [3.05, 3.63) is 0 Å². The number of hydrogen-bond donors (Lipinski definition) is 6. The zero-order chi connectivity index (χ0) is 21.1. The van der Waals surface area contributed by atoms with Crippen LogP contribution in [0.15, 0.2) is 0 Å². The van der Waals surface area contributed by atoms with Crippen molar-refractivity contribution in [1.29, 1.82) is 0 Å². The number of amides is 4. The second-order valence-electron chi connectivity index (χ2n) is 6.34. The highest BCUT2D eigenvalue weighted by Crippen LogP contribution is 2.04. The lowest BCUT2D eigenvalue weighted by atomic mass is 10.1. The van der Waals surface area contributed by atoms with Crippen molar-refractivity contribution in [3.8, 4) is 0 Å². The molecule has 4 amide bonds. The quantitative estimate of drug-likeness (QED) is 0.202. The maximum absolute atomic E-state index is 12.3. The van der Waals surface area contributed by atoms with E-state index < -0.39 is 42.2 Å². The highest BCUT2D eigenvalue weighted by atomic mass is 32.2.